The molecule has 0 unspecified atom stereocenters. The van der Waals surface area contributed by atoms with Crippen LogP contribution in [0.5, 0.6) is 17.2 Å². The minimum atomic E-state index is -0.0199. The summed E-state index contributed by atoms with van der Waals surface area (Å²) < 4.78 is 18.9. The Labute approximate surface area is 332 Å². The van der Waals surface area contributed by atoms with Crippen molar-refractivity contribution >= 4 is 46.3 Å². The summed E-state index contributed by atoms with van der Waals surface area (Å²) in [6, 6.07) is 30.8. The summed E-state index contributed by atoms with van der Waals surface area (Å²) in [5.41, 5.74) is 11.5. The Bertz CT molecular complexity index is 2360. The van der Waals surface area contributed by atoms with E-state index in [-0.39, 0.29) is 23.9 Å². The van der Waals surface area contributed by atoms with Crippen LogP contribution in [0.25, 0.3) is 0 Å². The quantitative estimate of drug-likeness (QED) is 0.153. The van der Waals surface area contributed by atoms with Gasteiger partial charge in [-0.2, -0.15) is 11.8 Å². The van der Waals surface area contributed by atoms with Gasteiger partial charge in [0, 0.05) is 43.6 Å². The van der Waals surface area contributed by atoms with Gasteiger partial charge in [-0.1, -0.05) is 48.5 Å². The lowest BCUT2D eigenvalue weighted by Gasteiger charge is -2.25. The molecule has 0 aliphatic carbocycles. The van der Waals surface area contributed by atoms with E-state index in [9.17, 15) is 9.59 Å². The van der Waals surface area contributed by atoms with Crippen LogP contribution in [-0.2, 0) is 32.5 Å². The molecule has 0 saturated heterocycles. The van der Waals surface area contributed by atoms with Crippen molar-refractivity contribution < 1.29 is 23.8 Å². The molecule has 2 atom stereocenters. The smallest absolute Gasteiger partial charge is 0.260 e. The number of rotatable bonds is 10. The standard InChI is InChI=1S/C46H46N4O5S/c1-28-15-36-38(47-24-34-19-32-9-5-7-11-39(32)49(34)45(36)51)22-42(28)54-26-30-16-29(13-14-56-4)17-31(18-30)27-55-44-23-41-37(21-43(44)53-3)46(52)50-35(25-48(41)2)20-33-10-6-8-12-40(33)50/h5-12,15-18,21-23,34-35,47H,13-14,19-20,24-27H2,1-4H3/t34-,35-/m0/s1. The van der Waals surface area contributed by atoms with E-state index in [1.807, 2.05) is 96.2 Å². The zero-order valence-corrected chi connectivity index (χ0v) is 33.1. The molecule has 286 valence electrons. The SMILES string of the molecule is COc1cc2c(cc1OCc1cc(CCSC)cc(COc3cc4c(cc3C)C(=O)N3c5ccccc5C[C@H]3CN4)c1)N(C)C[C@@H]1Cc3ccccc3N1C2=O. The maximum atomic E-state index is 14.1. The van der Waals surface area contributed by atoms with Gasteiger partial charge in [-0.05, 0) is 102 Å². The molecule has 4 aliphatic rings. The van der Waals surface area contributed by atoms with Gasteiger partial charge in [-0.25, -0.2) is 0 Å². The first-order valence-electron chi connectivity index (χ1n) is 19.3. The maximum Gasteiger partial charge on any atom is 0.260 e. The van der Waals surface area contributed by atoms with Crippen LogP contribution >= 0.6 is 11.8 Å². The summed E-state index contributed by atoms with van der Waals surface area (Å²) in [7, 11) is 3.66. The lowest BCUT2D eigenvalue weighted by Crippen LogP contribution is -2.41. The number of methoxy groups -OCH3 is 1. The van der Waals surface area contributed by atoms with Gasteiger partial charge >= 0.3 is 0 Å². The van der Waals surface area contributed by atoms with Crippen molar-refractivity contribution in [3.8, 4) is 17.2 Å². The number of ether oxygens (including phenoxy) is 3. The molecule has 0 radical (unpaired) electrons. The molecule has 5 aromatic rings. The van der Waals surface area contributed by atoms with Crippen LogP contribution in [0.3, 0.4) is 0 Å². The van der Waals surface area contributed by atoms with Gasteiger partial charge in [0.2, 0.25) is 0 Å². The summed E-state index contributed by atoms with van der Waals surface area (Å²) in [5, 5.41) is 3.56. The summed E-state index contributed by atoms with van der Waals surface area (Å²) in [6.45, 7) is 4.07. The van der Waals surface area contributed by atoms with Crippen LogP contribution in [0.1, 0.15) is 54.1 Å². The average Bonchev–Trinajstić information content (AvgIpc) is 3.71. The van der Waals surface area contributed by atoms with Crippen molar-refractivity contribution in [3.63, 3.8) is 0 Å². The molecular weight excluding hydrogens is 721 g/mol. The molecule has 4 heterocycles. The Morgan fingerprint density at radius 1 is 0.714 bits per heavy atom. The number of amides is 2. The molecule has 0 saturated carbocycles. The molecule has 0 bridgehead atoms. The highest BCUT2D eigenvalue weighted by Gasteiger charge is 2.40. The van der Waals surface area contributed by atoms with Gasteiger partial charge < -0.3 is 34.2 Å². The number of likely N-dealkylation sites (N-methyl/N-ethyl adjacent to an activating group) is 1. The number of carbonyl (C=O) groups is 2. The maximum absolute atomic E-state index is 14.1. The normalized spacial score (nSPS) is 17.8. The minimum absolute atomic E-state index is 0.0199. The Hall–Kier alpha value is -5.61. The summed E-state index contributed by atoms with van der Waals surface area (Å²) in [4.78, 5) is 34.0. The third-order valence-corrected chi connectivity index (χ3v) is 12.2. The first-order chi connectivity index (χ1) is 27.3. The Kier molecular flexibility index (Phi) is 9.53. The van der Waals surface area contributed by atoms with E-state index >= 15 is 0 Å². The number of anilines is 4. The highest BCUT2D eigenvalue weighted by molar-refractivity contribution is 7.98. The van der Waals surface area contributed by atoms with Crippen molar-refractivity contribution in [3.05, 3.63) is 136 Å². The highest BCUT2D eigenvalue weighted by Crippen LogP contribution is 2.43. The zero-order valence-electron chi connectivity index (χ0n) is 32.3. The fourth-order valence-electron chi connectivity index (χ4n) is 8.85. The van der Waals surface area contributed by atoms with Gasteiger partial charge in [0.25, 0.3) is 11.8 Å². The van der Waals surface area contributed by atoms with E-state index in [1.165, 1.54) is 16.7 Å². The van der Waals surface area contributed by atoms with E-state index < -0.39 is 0 Å². The molecule has 0 spiro atoms. The average molecular weight is 767 g/mol. The van der Waals surface area contributed by atoms with Crippen LogP contribution in [0.4, 0.5) is 22.7 Å². The predicted molar refractivity (Wildman–Crippen MR) is 225 cm³/mol. The third kappa shape index (κ3) is 6.49. The minimum Gasteiger partial charge on any atom is -0.493 e. The van der Waals surface area contributed by atoms with E-state index in [1.54, 1.807) is 7.11 Å². The molecule has 56 heavy (non-hydrogen) atoms. The van der Waals surface area contributed by atoms with Gasteiger partial charge in [-0.15, -0.1) is 0 Å². The second-order valence-corrected chi connectivity index (χ2v) is 16.2. The molecule has 4 aliphatic heterocycles. The van der Waals surface area contributed by atoms with Crippen LogP contribution in [0, 0.1) is 6.92 Å². The molecule has 0 fully saturated rings. The molecule has 9 rings (SSSR count). The first kappa shape index (κ1) is 36.1. The first-order valence-corrected chi connectivity index (χ1v) is 20.7. The molecule has 0 aromatic heterocycles. The number of carbonyl (C=O) groups excluding carboxylic acids is 2. The summed E-state index contributed by atoms with van der Waals surface area (Å²) in [5.74, 6) is 2.86. The third-order valence-electron chi connectivity index (χ3n) is 11.6. The summed E-state index contributed by atoms with van der Waals surface area (Å²) in [6.07, 6.45) is 4.71. The van der Waals surface area contributed by atoms with E-state index in [4.69, 9.17) is 14.2 Å². The molecule has 5 aromatic carbocycles. The number of fused-ring (bicyclic) bond motifs is 8. The van der Waals surface area contributed by atoms with Crippen molar-refractivity contribution in [1.82, 2.24) is 0 Å². The molecule has 9 nitrogen and oxygen atoms in total. The lowest BCUT2D eigenvalue weighted by molar-refractivity contribution is 0.0975. The number of nitrogens with zero attached hydrogens (tertiary/aromatic N) is 3. The largest absolute Gasteiger partial charge is 0.493 e. The number of aryl methyl sites for hydroxylation is 2. The molecular formula is C46H46N4O5S. The lowest BCUT2D eigenvalue weighted by atomic mass is 10.0. The van der Waals surface area contributed by atoms with Crippen molar-refractivity contribution in [2.45, 2.75) is 51.5 Å². The predicted octanol–water partition coefficient (Wildman–Crippen LogP) is 8.09. The number of hydrogen-bond donors (Lipinski definition) is 1. The Morgan fingerprint density at radius 3 is 2.04 bits per heavy atom. The number of nitrogens with one attached hydrogen (secondary N) is 1. The molecule has 2 amide bonds. The van der Waals surface area contributed by atoms with Crippen LogP contribution in [0.15, 0.2) is 91.0 Å². The molecule has 10 heteroatoms. The molecule has 1 N–H and O–H groups in total. The van der Waals surface area contributed by atoms with Gasteiger partial charge in [0.15, 0.2) is 11.5 Å². The second-order valence-electron chi connectivity index (χ2n) is 15.2. The number of para-hydroxylation sites is 2. The van der Waals surface area contributed by atoms with Crippen LogP contribution in [-0.4, -0.2) is 63.2 Å². The van der Waals surface area contributed by atoms with E-state index in [2.05, 4.69) is 46.8 Å². The van der Waals surface area contributed by atoms with Crippen LogP contribution in [0.2, 0.25) is 0 Å². The van der Waals surface area contributed by atoms with Crippen molar-refractivity contribution in [2.24, 2.45) is 0 Å². The summed E-state index contributed by atoms with van der Waals surface area (Å²) >= 11 is 1.82. The Morgan fingerprint density at radius 2 is 1.34 bits per heavy atom. The topological polar surface area (TPSA) is 83.6 Å². The zero-order chi connectivity index (χ0) is 38.5. The Balaban J connectivity index is 0.942. The number of benzene rings is 5. The highest BCUT2D eigenvalue weighted by atomic mass is 32.2. The van der Waals surface area contributed by atoms with Gasteiger partial charge in [0.05, 0.1) is 41.7 Å². The number of hydrogen-bond acceptors (Lipinski definition) is 8. The van der Waals surface area contributed by atoms with Crippen molar-refractivity contribution in [1.29, 1.82) is 0 Å². The van der Waals surface area contributed by atoms with Gasteiger partial charge in [-0.3, -0.25) is 9.59 Å². The fraction of sp³-hybridized carbons (Fsp3) is 0.304. The van der Waals surface area contributed by atoms with E-state index in [0.717, 1.165) is 70.2 Å². The monoisotopic (exact) mass is 766 g/mol. The fourth-order valence-corrected chi connectivity index (χ4v) is 9.29. The number of thioether (sulfide) groups is 1. The van der Waals surface area contributed by atoms with Gasteiger partial charge in [0.1, 0.15) is 19.0 Å². The van der Waals surface area contributed by atoms with Crippen LogP contribution < -0.4 is 34.2 Å². The van der Waals surface area contributed by atoms with E-state index in [0.29, 0.717) is 48.9 Å². The second kappa shape index (κ2) is 14.8. The van der Waals surface area contributed by atoms with Crippen molar-refractivity contribution in [2.75, 3.05) is 59.3 Å².